The molecule has 13 heavy (non-hydrogen) atoms. The van der Waals surface area contributed by atoms with Gasteiger partial charge in [-0.2, -0.15) is 0 Å². The summed E-state index contributed by atoms with van der Waals surface area (Å²) < 4.78 is 5.62. The summed E-state index contributed by atoms with van der Waals surface area (Å²) in [6, 6.07) is 0. The molecule has 0 saturated carbocycles. The van der Waals surface area contributed by atoms with Crippen molar-refractivity contribution >= 4 is 0 Å². The smallest absolute Gasteiger partial charge is 0.0491 e. The Morgan fingerprint density at radius 2 is 2.38 bits per heavy atom. The third-order valence-corrected chi connectivity index (χ3v) is 2.93. The van der Waals surface area contributed by atoms with E-state index in [0.717, 1.165) is 25.0 Å². The molecule has 1 fully saturated rings. The molecular weight excluding hydrogens is 162 g/mol. The summed E-state index contributed by atoms with van der Waals surface area (Å²) in [4.78, 5) is 0. The predicted molar refractivity (Wildman–Crippen MR) is 55.9 cm³/mol. The highest BCUT2D eigenvalue weighted by atomic mass is 16.5. The van der Waals surface area contributed by atoms with Crippen LogP contribution in [0.25, 0.3) is 0 Å². The maximum absolute atomic E-state index is 5.62. The van der Waals surface area contributed by atoms with E-state index in [4.69, 9.17) is 4.74 Å². The van der Waals surface area contributed by atoms with Gasteiger partial charge in [-0.1, -0.05) is 20.3 Å². The van der Waals surface area contributed by atoms with E-state index in [9.17, 15) is 0 Å². The summed E-state index contributed by atoms with van der Waals surface area (Å²) in [6.07, 6.45) is 3.81. The monoisotopic (exact) mass is 185 g/mol. The molecular formula is C11H23NO. The molecule has 0 spiro atoms. The molecule has 1 N–H and O–H groups in total. The van der Waals surface area contributed by atoms with Gasteiger partial charge in [0.25, 0.3) is 0 Å². The molecule has 2 heteroatoms. The standard InChI is InChI=1S/C11H23NO/c1-3-10(2)9-13-7-5-11-4-6-12-8-11/h10-12H,3-9H2,1-2H3. The average molecular weight is 185 g/mol. The van der Waals surface area contributed by atoms with Gasteiger partial charge in [-0.25, -0.2) is 0 Å². The van der Waals surface area contributed by atoms with E-state index in [1.54, 1.807) is 0 Å². The quantitative estimate of drug-likeness (QED) is 0.639. The minimum Gasteiger partial charge on any atom is -0.381 e. The first kappa shape index (κ1) is 11.0. The highest BCUT2D eigenvalue weighted by Gasteiger charge is 2.13. The van der Waals surface area contributed by atoms with Gasteiger partial charge >= 0.3 is 0 Å². The molecule has 0 amide bonds. The van der Waals surface area contributed by atoms with Gasteiger partial charge in [0.05, 0.1) is 0 Å². The van der Waals surface area contributed by atoms with E-state index in [0.29, 0.717) is 0 Å². The SMILES string of the molecule is CCC(C)COCCC1CCNC1. The fourth-order valence-electron chi connectivity index (χ4n) is 1.61. The van der Waals surface area contributed by atoms with Crippen molar-refractivity contribution in [2.45, 2.75) is 33.1 Å². The topological polar surface area (TPSA) is 21.3 Å². The summed E-state index contributed by atoms with van der Waals surface area (Å²) in [7, 11) is 0. The zero-order chi connectivity index (χ0) is 9.52. The molecule has 1 aliphatic rings. The van der Waals surface area contributed by atoms with Gasteiger partial charge in [0.2, 0.25) is 0 Å². The summed E-state index contributed by atoms with van der Waals surface area (Å²) in [6.45, 7) is 8.77. The number of hydrogen-bond acceptors (Lipinski definition) is 2. The molecule has 1 rings (SSSR count). The van der Waals surface area contributed by atoms with Crippen LogP contribution in [0.2, 0.25) is 0 Å². The van der Waals surface area contributed by atoms with Crippen molar-refractivity contribution in [1.29, 1.82) is 0 Å². The van der Waals surface area contributed by atoms with Crippen LogP contribution in [-0.2, 0) is 4.74 Å². The van der Waals surface area contributed by atoms with Crippen LogP contribution < -0.4 is 5.32 Å². The molecule has 0 aromatic carbocycles. The third kappa shape index (κ3) is 4.63. The summed E-state index contributed by atoms with van der Waals surface area (Å²) in [5.41, 5.74) is 0. The maximum Gasteiger partial charge on any atom is 0.0491 e. The molecule has 2 nitrogen and oxygen atoms in total. The highest BCUT2D eigenvalue weighted by molar-refractivity contribution is 4.70. The lowest BCUT2D eigenvalue weighted by atomic mass is 10.1. The second kappa shape index (κ2) is 6.39. The van der Waals surface area contributed by atoms with E-state index >= 15 is 0 Å². The van der Waals surface area contributed by atoms with Crippen LogP contribution in [0.3, 0.4) is 0 Å². The van der Waals surface area contributed by atoms with Gasteiger partial charge in [0.1, 0.15) is 0 Å². The van der Waals surface area contributed by atoms with Crippen LogP contribution in [0.4, 0.5) is 0 Å². The van der Waals surface area contributed by atoms with E-state index in [1.165, 1.54) is 32.4 Å². The number of nitrogens with one attached hydrogen (secondary N) is 1. The Hall–Kier alpha value is -0.0800. The van der Waals surface area contributed by atoms with Crippen molar-refractivity contribution in [3.63, 3.8) is 0 Å². The van der Waals surface area contributed by atoms with E-state index in [2.05, 4.69) is 19.2 Å². The number of hydrogen-bond donors (Lipinski definition) is 1. The van der Waals surface area contributed by atoms with Crippen LogP contribution in [0.1, 0.15) is 33.1 Å². The molecule has 1 heterocycles. The van der Waals surface area contributed by atoms with Gasteiger partial charge < -0.3 is 10.1 Å². The zero-order valence-corrected chi connectivity index (χ0v) is 9.01. The molecule has 0 radical (unpaired) electrons. The summed E-state index contributed by atoms with van der Waals surface area (Å²) in [5, 5.41) is 3.38. The second-order valence-electron chi connectivity index (χ2n) is 4.24. The van der Waals surface area contributed by atoms with Gasteiger partial charge in [-0.15, -0.1) is 0 Å². The Morgan fingerprint density at radius 1 is 1.54 bits per heavy atom. The first-order valence-electron chi connectivity index (χ1n) is 5.61. The fraction of sp³-hybridized carbons (Fsp3) is 1.00. The predicted octanol–water partition coefficient (Wildman–Crippen LogP) is 2.05. The molecule has 2 unspecified atom stereocenters. The lowest BCUT2D eigenvalue weighted by Crippen LogP contribution is -2.12. The summed E-state index contributed by atoms with van der Waals surface area (Å²) in [5.74, 6) is 1.60. The van der Waals surface area contributed by atoms with Crippen molar-refractivity contribution in [3.8, 4) is 0 Å². The average Bonchev–Trinajstić information content (AvgIpc) is 2.64. The Kier molecular flexibility index (Phi) is 5.40. The molecule has 1 aliphatic heterocycles. The Balaban J connectivity index is 1.88. The minimum atomic E-state index is 0.724. The van der Waals surface area contributed by atoms with Gasteiger partial charge in [-0.3, -0.25) is 0 Å². The van der Waals surface area contributed by atoms with Gasteiger partial charge in [0.15, 0.2) is 0 Å². The zero-order valence-electron chi connectivity index (χ0n) is 9.01. The van der Waals surface area contributed by atoms with Gasteiger partial charge in [0, 0.05) is 13.2 Å². The first-order valence-corrected chi connectivity index (χ1v) is 5.61. The molecule has 2 atom stereocenters. The van der Waals surface area contributed by atoms with E-state index < -0.39 is 0 Å². The molecule has 0 aromatic rings. The van der Waals surface area contributed by atoms with Crippen LogP contribution >= 0.6 is 0 Å². The Bertz CT molecular complexity index is 121. The van der Waals surface area contributed by atoms with Crippen LogP contribution in [0.15, 0.2) is 0 Å². The molecule has 0 bridgehead atoms. The van der Waals surface area contributed by atoms with Crippen molar-refractivity contribution in [1.82, 2.24) is 5.32 Å². The maximum atomic E-state index is 5.62. The minimum absolute atomic E-state index is 0.724. The van der Waals surface area contributed by atoms with Crippen molar-refractivity contribution in [2.75, 3.05) is 26.3 Å². The number of ether oxygens (including phenoxy) is 1. The molecule has 0 aromatic heterocycles. The molecule has 1 saturated heterocycles. The van der Waals surface area contributed by atoms with Crippen molar-refractivity contribution < 1.29 is 4.74 Å². The summed E-state index contributed by atoms with van der Waals surface area (Å²) >= 11 is 0. The van der Waals surface area contributed by atoms with E-state index in [-0.39, 0.29) is 0 Å². The third-order valence-electron chi connectivity index (χ3n) is 2.93. The highest BCUT2D eigenvalue weighted by Crippen LogP contribution is 2.12. The van der Waals surface area contributed by atoms with Crippen LogP contribution in [-0.4, -0.2) is 26.3 Å². The normalized spacial score (nSPS) is 24.9. The largest absolute Gasteiger partial charge is 0.381 e. The lowest BCUT2D eigenvalue weighted by molar-refractivity contribution is 0.0937. The lowest BCUT2D eigenvalue weighted by Gasteiger charge is -2.11. The second-order valence-corrected chi connectivity index (χ2v) is 4.24. The Labute approximate surface area is 82.0 Å². The van der Waals surface area contributed by atoms with Crippen LogP contribution in [0, 0.1) is 11.8 Å². The first-order chi connectivity index (χ1) is 6.33. The van der Waals surface area contributed by atoms with Gasteiger partial charge in [-0.05, 0) is 37.8 Å². The van der Waals surface area contributed by atoms with Crippen molar-refractivity contribution in [3.05, 3.63) is 0 Å². The molecule has 78 valence electrons. The van der Waals surface area contributed by atoms with Crippen LogP contribution in [0.5, 0.6) is 0 Å². The fourth-order valence-corrected chi connectivity index (χ4v) is 1.61. The molecule has 0 aliphatic carbocycles. The van der Waals surface area contributed by atoms with E-state index in [1.807, 2.05) is 0 Å². The number of rotatable bonds is 6. The van der Waals surface area contributed by atoms with Crippen molar-refractivity contribution in [2.24, 2.45) is 11.8 Å². The Morgan fingerprint density at radius 3 is 3.00 bits per heavy atom.